The van der Waals surface area contributed by atoms with Crippen LogP contribution in [-0.2, 0) is 19.6 Å². The van der Waals surface area contributed by atoms with Crippen LogP contribution in [0.25, 0.3) is 11.3 Å². The van der Waals surface area contributed by atoms with Gasteiger partial charge in [-0.3, -0.25) is 19.2 Å². The molecule has 2 heterocycles. The van der Waals surface area contributed by atoms with Crippen LogP contribution in [-0.4, -0.2) is 48.5 Å². The van der Waals surface area contributed by atoms with E-state index < -0.39 is 28.4 Å². The number of anilines is 2. The van der Waals surface area contributed by atoms with Crippen LogP contribution >= 0.6 is 0 Å². The summed E-state index contributed by atoms with van der Waals surface area (Å²) in [5.41, 5.74) is 1.74. The fourth-order valence-electron chi connectivity index (χ4n) is 3.23. The first kappa shape index (κ1) is 21.2. The van der Waals surface area contributed by atoms with Crippen LogP contribution in [0.1, 0.15) is 5.82 Å². The minimum atomic E-state index is -4.05. The number of sulfonamides is 1. The first-order chi connectivity index (χ1) is 15.2. The second-order valence-electron chi connectivity index (χ2n) is 6.97. The number of ether oxygens (including phenoxy) is 1. The Morgan fingerprint density at radius 2 is 2.03 bits per heavy atom. The molecule has 164 valence electrons. The summed E-state index contributed by atoms with van der Waals surface area (Å²) >= 11 is 0. The molecule has 0 spiro atoms. The summed E-state index contributed by atoms with van der Waals surface area (Å²) in [4.78, 5) is 32.5. The monoisotopic (exact) mass is 454 g/mol. The van der Waals surface area contributed by atoms with Crippen LogP contribution in [0.5, 0.6) is 5.75 Å². The molecule has 2 N–H and O–H groups in total. The van der Waals surface area contributed by atoms with E-state index >= 15 is 0 Å². The molecular weight excluding hydrogens is 436 g/mol. The van der Waals surface area contributed by atoms with Crippen molar-refractivity contribution in [3.8, 4) is 17.0 Å². The van der Waals surface area contributed by atoms with E-state index in [1.165, 1.54) is 18.2 Å². The zero-order chi connectivity index (χ0) is 22.9. The maximum Gasteiger partial charge on any atom is 0.323 e. The molecule has 1 aromatic heterocycles. The van der Waals surface area contributed by atoms with Crippen molar-refractivity contribution in [2.45, 2.75) is 11.8 Å². The number of hydrogen-bond donors (Lipinski definition) is 2. The first-order valence-corrected chi connectivity index (χ1v) is 10.9. The van der Waals surface area contributed by atoms with Gasteiger partial charge in [0.2, 0.25) is 0 Å². The van der Waals surface area contributed by atoms with Crippen molar-refractivity contribution in [3.05, 3.63) is 60.6 Å². The fourth-order valence-corrected chi connectivity index (χ4v) is 4.30. The van der Waals surface area contributed by atoms with E-state index in [9.17, 15) is 18.0 Å². The number of aryl methyl sites for hydroxylation is 1. The number of aromatic nitrogens is 2. The molecule has 3 aromatic rings. The Hall–Kier alpha value is -3.99. The van der Waals surface area contributed by atoms with Gasteiger partial charge in [0.1, 0.15) is 18.1 Å². The number of carbonyl (C=O) groups is 2. The van der Waals surface area contributed by atoms with E-state index in [-0.39, 0.29) is 22.9 Å². The van der Waals surface area contributed by atoms with Gasteiger partial charge >= 0.3 is 5.97 Å². The molecule has 0 atom stereocenters. The Balaban J connectivity index is 1.65. The zero-order valence-electron chi connectivity index (χ0n) is 16.8. The molecule has 0 bridgehead atoms. The Bertz CT molecular complexity index is 1330. The summed E-state index contributed by atoms with van der Waals surface area (Å²) in [6.45, 7) is 0.834. The molecule has 0 radical (unpaired) electrons. The normalized spacial score (nSPS) is 13.3. The number of benzene rings is 2. The fraction of sp³-hybridized carbons (Fsp3) is 0.143. The topological polar surface area (TPSA) is 139 Å². The van der Waals surface area contributed by atoms with E-state index in [2.05, 4.69) is 14.7 Å². The average Bonchev–Trinajstić information content (AvgIpc) is 2.75. The van der Waals surface area contributed by atoms with Gasteiger partial charge in [-0.05, 0) is 43.3 Å². The molecule has 32 heavy (non-hydrogen) atoms. The molecule has 0 saturated heterocycles. The van der Waals surface area contributed by atoms with Gasteiger partial charge in [-0.25, -0.2) is 18.4 Å². The minimum Gasteiger partial charge on any atom is -0.482 e. The number of carboxylic acid groups (broad SMARTS) is 1. The molecule has 4 rings (SSSR count). The van der Waals surface area contributed by atoms with E-state index in [0.717, 1.165) is 4.90 Å². The highest BCUT2D eigenvalue weighted by atomic mass is 32.2. The molecule has 2 aromatic carbocycles. The second kappa shape index (κ2) is 8.27. The molecule has 1 amide bonds. The number of hydrogen-bond acceptors (Lipinski definition) is 7. The van der Waals surface area contributed by atoms with E-state index in [4.69, 9.17) is 9.84 Å². The molecule has 1 aliphatic heterocycles. The van der Waals surface area contributed by atoms with Gasteiger partial charge in [0.25, 0.3) is 15.9 Å². The molecule has 0 aliphatic carbocycles. The lowest BCUT2D eigenvalue weighted by molar-refractivity contribution is -0.137. The van der Waals surface area contributed by atoms with Crippen molar-refractivity contribution in [1.29, 1.82) is 0 Å². The third-order valence-electron chi connectivity index (χ3n) is 4.66. The molecule has 0 unspecified atom stereocenters. The second-order valence-corrected chi connectivity index (χ2v) is 8.65. The SMILES string of the molecule is Cc1nccc(-c2cccc(NS(=O)(=O)c3ccc4c(c3)N(CC(=O)O)C(=O)CO4)c2)n1. The van der Waals surface area contributed by atoms with Crippen LogP contribution in [0.2, 0.25) is 0 Å². The number of fused-ring (bicyclic) bond motifs is 1. The molecule has 0 saturated carbocycles. The van der Waals surface area contributed by atoms with Gasteiger partial charge in [0.05, 0.1) is 16.3 Å². The number of amides is 1. The van der Waals surface area contributed by atoms with Crippen molar-refractivity contribution in [2.75, 3.05) is 22.8 Å². The standard InChI is InChI=1S/C21H18N4O6S/c1-13-22-8-7-17(23-13)14-3-2-4-15(9-14)24-32(29,30)16-5-6-19-18(10-16)25(11-21(27)28)20(26)12-31-19/h2-10,24H,11-12H2,1H3,(H,27,28). The summed E-state index contributed by atoms with van der Waals surface area (Å²) in [6.07, 6.45) is 1.62. The molecule has 1 aliphatic rings. The van der Waals surface area contributed by atoms with Gasteiger partial charge in [-0.1, -0.05) is 12.1 Å². The van der Waals surface area contributed by atoms with Gasteiger partial charge in [0.15, 0.2) is 6.61 Å². The van der Waals surface area contributed by atoms with Crippen molar-refractivity contribution in [3.63, 3.8) is 0 Å². The summed E-state index contributed by atoms with van der Waals surface area (Å²) in [7, 11) is -4.05. The number of nitrogens with zero attached hydrogens (tertiary/aromatic N) is 3. The lowest BCUT2D eigenvalue weighted by Crippen LogP contribution is -2.42. The molecule has 0 fully saturated rings. The van der Waals surface area contributed by atoms with Crippen molar-refractivity contribution >= 4 is 33.3 Å². The Kier molecular flexibility index (Phi) is 5.49. The Morgan fingerprint density at radius 1 is 1.22 bits per heavy atom. The van der Waals surface area contributed by atoms with Crippen molar-refractivity contribution < 1.29 is 27.9 Å². The van der Waals surface area contributed by atoms with E-state index in [0.29, 0.717) is 22.8 Å². The zero-order valence-corrected chi connectivity index (χ0v) is 17.7. The number of aliphatic carboxylic acids is 1. The Labute approximate surface area is 183 Å². The van der Waals surface area contributed by atoms with Crippen LogP contribution in [0, 0.1) is 6.92 Å². The maximum atomic E-state index is 13.0. The average molecular weight is 454 g/mol. The highest BCUT2D eigenvalue weighted by molar-refractivity contribution is 7.92. The number of rotatable bonds is 6. The van der Waals surface area contributed by atoms with Gasteiger partial charge in [-0.2, -0.15) is 0 Å². The quantitative estimate of drug-likeness (QED) is 0.577. The van der Waals surface area contributed by atoms with E-state index in [1.54, 1.807) is 43.5 Å². The molecule has 10 nitrogen and oxygen atoms in total. The predicted octanol–water partition coefficient (Wildman–Crippen LogP) is 2.06. The lowest BCUT2D eigenvalue weighted by Gasteiger charge is -2.28. The third-order valence-corrected chi connectivity index (χ3v) is 6.04. The summed E-state index contributed by atoms with van der Waals surface area (Å²) < 4.78 is 33.8. The van der Waals surface area contributed by atoms with Crippen molar-refractivity contribution in [2.24, 2.45) is 0 Å². The lowest BCUT2D eigenvalue weighted by atomic mass is 10.1. The van der Waals surface area contributed by atoms with Gasteiger partial charge in [0, 0.05) is 17.4 Å². The number of carbonyl (C=O) groups excluding carboxylic acids is 1. The van der Waals surface area contributed by atoms with Crippen LogP contribution in [0.15, 0.2) is 59.6 Å². The molecule has 11 heteroatoms. The van der Waals surface area contributed by atoms with Crippen LogP contribution < -0.4 is 14.4 Å². The van der Waals surface area contributed by atoms with Gasteiger partial charge < -0.3 is 9.84 Å². The number of nitrogens with one attached hydrogen (secondary N) is 1. The van der Waals surface area contributed by atoms with E-state index in [1.807, 2.05) is 0 Å². The number of carboxylic acids is 1. The summed E-state index contributed by atoms with van der Waals surface area (Å²) in [5, 5.41) is 9.10. The molecular formula is C21H18N4O6S. The first-order valence-electron chi connectivity index (χ1n) is 9.45. The minimum absolute atomic E-state index is 0.0803. The summed E-state index contributed by atoms with van der Waals surface area (Å²) in [5.74, 6) is -0.985. The maximum absolute atomic E-state index is 13.0. The van der Waals surface area contributed by atoms with Crippen LogP contribution in [0.3, 0.4) is 0 Å². The largest absolute Gasteiger partial charge is 0.482 e. The van der Waals surface area contributed by atoms with Crippen molar-refractivity contribution in [1.82, 2.24) is 9.97 Å². The highest BCUT2D eigenvalue weighted by Gasteiger charge is 2.29. The third kappa shape index (κ3) is 4.37. The van der Waals surface area contributed by atoms with Gasteiger partial charge in [-0.15, -0.1) is 0 Å². The van der Waals surface area contributed by atoms with Crippen LogP contribution in [0.4, 0.5) is 11.4 Å². The Morgan fingerprint density at radius 3 is 2.78 bits per heavy atom. The smallest absolute Gasteiger partial charge is 0.323 e. The summed E-state index contributed by atoms with van der Waals surface area (Å²) in [6, 6.07) is 12.4. The predicted molar refractivity (Wildman–Crippen MR) is 115 cm³/mol. The highest BCUT2D eigenvalue weighted by Crippen LogP contribution is 2.34.